The van der Waals surface area contributed by atoms with Crippen molar-refractivity contribution >= 4 is 17.5 Å². The van der Waals surface area contributed by atoms with Crippen LogP contribution < -0.4 is 5.32 Å². The largest absolute Gasteiger partial charge is 0.353 e. The molecule has 0 aromatic heterocycles. The molecule has 0 aromatic rings. The van der Waals surface area contributed by atoms with Crippen LogP contribution in [0.4, 0.5) is 0 Å². The highest BCUT2D eigenvalue weighted by atomic mass is 35.5. The molecule has 0 saturated heterocycles. The summed E-state index contributed by atoms with van der Waals surface area (Å²) in [6, 6.07) is 0.291. The highest BCUT2D eigenvalue weighted by molar-refractivity contribution is 6.20. The Morgan fingerprint density at radius 1 is 1.50 bits per heavy atom. The Morgan fingerprint density at radius 2 is 2.17 bits per heavy atom. The van der Waals surface area contributed by atoms with Gasteiger partial charge in [0.25, 0.3) is 0 Å². The number of amides is 1. The fourth-order valence-electron chi connectivity index (χ4n) is 1.73. The fraction of sp³-hybridized carbons (Fsp3) is 0.889. The molecule has 1 fully saturated rings. The van der Waals surface area contributed by atoms with Crippen LogP contribution in [0.25, 0.3) is 0 Å². The highest BCUT2D eigenvalue weighted by Gasteiger charge is 2.26. The molecule has 1 rings (SSSR count). The molecular formula is C9H16ClNO. The van der Waals surface area contributed by atoms with Crippen molar-refractivity contribution in [3.8, 4) is 0 Å². The second-order valence-electron chi connectivity index (χ2n) is 3.69. The monoisotopic (exact) mass is 189 g/mol. The van der Waals surface area contributed by atoms with Crippen molar-refractivity contribution in [1.29, 1.82) is 0 Å². The van der Waals surface area contributed by atoms with Gasteiger partial charge in [-0.05, 0) is 25.2 Å². The second-order valence-corrected chi connectivity index (χ2v) is 4.31. The predicted octanol–water partition coefficient (Wildman–Crippen LogP) is 1.92. The molecule has 0 spiro atoms. The van der Waals surface area contributed by atoms with E-state index in [1.165, 1.54) is 0 Å². The number of halogens is 1. The van der Waals surface area contributed by atoms with Crippen LogP contribution in [0.1, 0.15) is 33.1 Å². The average Bonchev–Trinajstić information content (AvgIpc) is 1.96. The van der Waals surface area contributed by atoms with Gasteiger partial charge in [0.1, 0.15) is 0 Å². The molecule has 0 aromatic carbocycles. The van der Waals surface area contributed by atoms with Crippen LogP contribution in [-0.2, 0) is 4.79 Å². The normalized spacial score (nSPS) is 36.1. The summed E-state index contributed by atoms with van der Waals surface area (Å²) >= 11 is 6.01. The van der Waals surface area contributed by atoms with Gasteiger partial charge in [-0.3, -0.25) is 4.79 Å². The van der Waals surface area contributed by atoms with Gasteiger partial charge in [0.2, 0.25) is 5.91 Å². The van der Waals surface area contributed by atoms with Crippen molar-refractivity contribution in [1.82, 2.24) is 5.32 Å². The SMILES string of the molecule is CC(=O)N[C@H]1C[C@H](Cl)CC[C@H]1C. The lowest BCUT2D eigenvalue weighted by molar-refractivity contribution is -0.120. The summed E-state index contributed by atoms with van der Waals surface area (Å²) in [6.45, 7) is 3.73. The first-order valence-electron chi connectivity index (χ1n) is 4.50. The van der Waals surface area contributed by atoms with E-state index in [4.69, 9.17) is 11.6 Å². The van der Waals surface area contributed by atoms with Gasteiger partial charge in [-0.25, -0.2) is 0 Å². The maximum Gasteiger partial charge on any atom is 0.217 e. The van der Waals surface area contributed by atoms with E-state index in [2.05, 4.69) is 12.2 Å². The first-order valence-corrected chi connectivity index (χ1v) is 4.94. The van der Waals surface area contributed by atoms with Crippen LogP contribution in [0.15, 0.2) is 0 Å². The van der Waals surface area contributed by atoms with Gasteiger partial charge < -0.3 is 5.32 Å². The lowest BCUT2D eigenvalue weighted by Gasteiger charge is -2.31. The maximum absolute atomic E-state index is 10.8. The number of hydrogen-bond acceptors (Lipinski definition) is 1. The molecule has 0 aliphatic heterocycles. The third kappa shape index (κ3) is 2.67. The Kier molecular flexibility index (Phi) is 3.39. The zero-order chi connectivity index (χ0) is 9.14. The Labute approximate surface area is 78.7 Å². The zero-order valence-electron chi connectivity index (χ0n) is 7.64. The lowest BCUT2D eigenvalue weighted by atomic mass is 9.85. The lowest BCUT2D eigenvalue weighted by Crippen LogP contribution is -2.42. The molecule has 0 bridgehead atoms. The minimum Gasteiger partial charge on any atom is -0.353 e. The Hall–Kier alpha value is -0.240. The Bertz CT molecular complexity index is 172. The number of hydrogen-bond donors (Lipinski definition) is 1. The average molecular weight is 190 g/mol. The molecule has 12 heavy (non-hydrogen) atoms. The molecule has 1 saturated carbocycles. The summed E-state index contributed by atoms with van der Waals surface area (Å²) in [5.41, 5.74) is 0. The Morgan fingerprint density at radius 3 is 2.75 bits per heavy atom. The number of carbonyl (C=O) groups excluding carboxylic acids is 1. The van der Waals surface area contributed by atoms with Gasteiger partial charge in [0, 0.05) is 18.3 Å². The van der Waals surface area contributed by atoms with Crippen LogP contribution in [-0.4, -0.2) is 17.3 Å². The highest BCUT2D eigenvalue weighted by Crippen LogP contribution is 2.27. The van der Waals surface area contributed by atoms with Gasteiger partial charge in [-0.2, -0.15) is 0 Å². The standard InChI is InChI=1S/C9H16ClNO/c1-6-3-4-8(10)5-9(6)11-7(2)12/h6,8-9H,3-5H2,1-2H3,(H,11,12)/t6-,8-,9+/m1/s1. The van der Waals surface area contributed by atoms with E-state index in [0.29, 0.717) is 12.0 Å². The van der Waals surface area contributed by atoms with Crippen LogP contribution in [0.5, 0.6) is 0 Å². The second kappa shape index (κ2) is 4.13. The van der Waals surface area contributed by atoms with E-state index >= 15 is 0 Å². The van der Waals surface area contributed by atoms with E-state index in [0.717, 1.165) is 19.3 Å². The van der Waals surface area contributed by atoms with Gasteiger partial charge in [0.05, 0.1) is 0 Å². The summed E-state index contributed by atoms with van der Waals surface area (Å²) in [5.74, 6) is 0.626. The third-order valence-electron chi connectivity index (χ3n) is 2.52. The fourth-order valence-corrected chi connectivity index (χ4v) is 2.05. The smallest absolute Gasteiger partial charge is 0.217 e. The molecule has 0 radical (unpaired) electrons. The van der Waals surface area contributed by atoms with Crippen molar-refractivity contribution in [2.45, 2.75) is 44.5 Å². The van der Waals surface area contributed by atoms with Crippen molar-refractivity contribution < 1.29 is 4.79 Å². The minimum absolute atomic E-state index is 0.0533. The van der Waals surface area contributed by atoms with E-state index in [1.807, 2.05) is 0 Å². The van der Waals surface area contributed by atoms with Gasteiger partial charge in [-0.15, -0.1) is 11.6 Å². The van der Waals surface area contributed by atoms with Crippen molar-refractivity contribution in [2.75, 3.05) is 0 Å². The zero-order valence-corrected chi connectivity index (χ0v) is 8.40. The number of rotatable bonds is 1. The Balaban J connectivity index is 2.43. The van der Waals surface area contributed by atoms with Crippen molar-refractivity contribution in [3.05, 3.63) is 0 Å². The molecule has 1 amide bonds. The van der Waals surface area contributed by atoms with Gasteiger partial charge >= 0.3 is 0 Å². The number of nitrogens with one attached hydrogen (secondary N) is 1. The summed E-state index contributed by atoms with van der Waals surface area (Å²) in [4.78, 5) is 10.8. The van der Waals surface area contributed by atoms with Crippen LogP contribution in [0.2, 0.25) is 0 Å². The van der Waals surface area contributed by atoms with E-state index in [1.54, 1.807) is 6.92 Å². The molecule has 70 valence electrons. The summed E-state index contributed by atoms with van der Waals surface area (Å²) in [6.07, 6.45) is 3.13. The summed E-state index contributed by atoms with van der Waals surface area (Å²) in [5, 5.41) is 3.19. The minimum atomic E-state index is 0.0533. The molecule has 3 atom stereocenters. The van der Waals surface area contributed by atoms with Crippen molar-refractivity contribution in [3.63, 3.8) is 0 Å². The van der Waals surface area contributed by atoms with Crippen LogP contribution in [0, 0.1) is 5.92 Å². The maximum atomic E-state index is 10.8. The number of alkyl halides is 1. The molecule has 0 unspecified atom stereocenters. The molecule has 1 N–H and O–H groups in total. The topological polar surface area (TPSA) is 29.1 Å². The molecule has 1 aliphatic rings. The van der Waals surface area contributed by atoms with Crippen molar-refractivity contribution in [2.24, 2.45) is 5.92 Å². The molecule has 1 aliphatic carbocycles. The van der Waals surface area contributed by atoms with Crippen LogP contribution >= 0.6 is 11.6 Å². The van der Waals surface area contributed by atoms with Gasteiger partial charge in [0.15, 0.2) is 0 Å². The molecule has 0 heterocycles. The molecule has 3 heteroatoms. The first kappa shape index (κ1) is 9.85. The third-order valence-corrected chi connectivity index (χ3v) is 2.92. The number of carbonyl (C=O) groups is 1. The van der Waals surface area contributed by atoms with Crippen LogP contribution in [0.3, 0.4) is 0 Å². The summed E-state index contributed by atoms with van der Waals surface area (Å²) < 4.78 is 0. The molecule has 2 nitrogen and oxygen atoms in total. The van der Waals surface area contributed by atoms with E-state index < -0.39 is 0 Å². The molecular weight excluding hydrogens is 174 g/mol. The predicted molar refractivity (Wildman–Crippen MR) is 50.3 cm³/mol. The van der Waals surface area contributed by atoms with E-state index in [9.17, 15) is 4.79 Å². The quantitative estimate of drug-likeness (QED) is 0.628. The summed E-state index contributed by atoms with van der Waals surface area (Å²) in [7, 11) is 0. The van der Waals surface area contributed by atoms with E-state index in [-0.39, 0.29) is 11.3 Å². The first-order chi connectivity index (χ1) is 5.59. The van der Waals surface area contributed by atoms with Gasteiger partial charge in [-0.1, -0.05) is 6.92 Å².